The van der Waals surface area contributed by atoms with Crippen molar-refractivity contribution in [1.29, 1.82) is 0 Å². The number of cyclic esters (lactones) is 1. The molecule has 13 N–H and O–H groups in total. The van der Waals surface area contributed by atoms with Crippen LogP contribution < -0.4 is 43.8 Å². The number of hydrogen-bond donors (Lipinski definition) is 10. The van der Waals surface area contributed by atoms with E-state index in [-0.39, 0.29) is 62.3 Å². The zero-order chi connectivity index (χ0) is 53.3. The Hall–Kier alpha value is -6.85. The van der Waals surface area contributed by atoms with E-state index in [1.54, 1.807) is 39.8 Å². The van der Waals surface area contributed by atoms with Crippen LogP contribution in [0.4, 0.5) is 5.69 Å². The van der Waals surface area contributed by atoms with Crippen LogP contribution in [0, 0.1) is 11.8 Å². The van der Waals surface area contributed by atoms with Crippen LogP contribution in [-0.4, -0.2) is 153 Å². The zero-order valence-corrected chi connectivity index (χ0v) is 41.6. The highest BCUT2D eigenvalue weighted by molar-refractivity contribution is 6.05. The van der Waals surface area contributed by atoms with Gasteiger partial charge in [-0.25, -0.2) is 4.79 Å². The average molecular weight is 1000 g/mol. The Morgan fingerprint density at radius 1 is 0.915 bits per heavy atom. The van der Waals surface area contributed by atoms with Crippen molar-refractivity contribution < 1.29 is 62.9 Å². The number of piperidine rings is 1. The van der Waals surface area contributed by atoms with E-state index in [1.165, 1.54) is 26.1 Å². The number of Topliss-reactive ketones (excluding diaryl/α,β-unsaturated/α-hetero) is 1. The number of ketones is 1. The Balaban J connectivity index is 2.26. The molecule has 2 heterocycles. The van der Waals surface area contributed by atoms with Gasteiger partial charge in [0, 0.05) is 37.7 Å². The molecule has 2 aliphatic rings. The van der Waals surface area contributed by atoms with Gasteiger partial charge >= 0.3 is 11.9 Å². The molecule has 10 atom stereocenters. The van der Waals surface area contributed by atoms with Crippen LogP contribution in [0.25, 0.3) is 0 Å². The van der Waals surface area contributed by atoms with Crippen molar-refractivity contribution in [3.8, 4) is 0 Å². The minimum Gasteiger partial charge on any atom is -0.481 e. The number of guanidine groups is 1. The number of aliphatic hydroxyl groups is 1. The average Bonchev–Trinajstić information content (AvgIpc) is 3.30. The fraction of sp³-hybridized carbons (Fsp3) is 0.638. The smallest absolute Gasteiger partial charge is 0.329 e. The summed E-state index contributed by atoms with van der Waals surface area (Å²) in [5.74, 6) is -11.6. The fourth-order valence-corrected chi connectivity index (χ4v) is 8.24. The molecule has 24 nitrogen and oxygen atoms in total. The molecule has 2 bridgehead atoms. The molecule has 3 rings (SSSR count). The molecule has 71 heavy (non-hydrogen) atoms. The van der Waals surface area contributed by atoms with Crippen LogP contribution in [0.1, 0.15) is 123 Å². The number of aliphatic imine (C=N–C) groups is 1. The van der Waals surface area contributed by atoms with Crippen molar-refractivity contribution in [3.05, 3.63) is 29.8 Å². The number of nitrogens with zero attached hydrogens (tertiary/aromatic N) is 3. The van der Waals surface area contributed by atoms with Gasteiger partial charge in [0.2, 0.25) is 41.4 Å². The van der Waals surface area contributed by atoms with Crippen LogP contribution >= 0.6 is 0 Å². The zero-order valence-electron chi connectivity index (χ0n) is 41.6. The second-order valence-corrected chi connectivity index (χ2v) is 18.4. The molecule has 1 unspecified atom stereocenters. The van der Waals surface area contributed by atoms with Crippen LogP contribution in [0.2, 0.25) is 0 Å². The van der Waals surface area contributed by atoms with Crippen molar-refractivity contribution in [2.75, 3.05) is 19.3 Å². The number of nitrogen functional groups attached to an aromatic ring is 1. The second-order valence-electron chi connectivity index (χ2n) is 18.4. The molecule has 1 aromatic carbocycles. The lowest BCUT2D eigenvalue weighted by Gasteiger charge is -2.44. The summed E-state index contributed by atoms with van der Waals surface area (Å²) in [4.78, 5) is 146. The lowest BCUT2D eigenvalue weighted by Crippen LogP contribution is -2.66. The molecule has 2 fully saturated rings. The summed E-state index contributed by atoms with van der Waals surface area (Å²) in [5.41, 5.74) is 17.3. The standard InChI is InChI=1S/C47H73N11O13/c1-8-10-11-18-34(60)52-31(22-36(62)63)41(65)56-38-26(6)71-46(70)37(24(3)4)55-42(66)32(23-33(59)27-15-12-13-16-28(27)48)57(7)45(69)39(25(5)9-2)58-35(61)20-19-30(44(58)68)54-40(64)29(53-43(38)67)17-14-21-51-47(49)50/h12-13,15-16,24-26,29-32,35,37-39,61H,8-11,14,17-23,48H2,1-7H3,(H,52,60)(H,53,67)(H,54,64)(H,55,66)(H,56,65)(H,62,63)(H4,49,50,51)/t25?,26-,29+,30+,31+,32+,35-,37+,38+,39+/m1/s1. The summed E-state index contributed by atoms with van der Waals surface area (Å²) < 4.78 is 5.79. The molecule has 0 spiro atoms. The minimum absolute atomic E-state index is 0.0207. The molecule has 24 heteroatoms. The molecule has 0 saturated carbocycles. The predicted octanol–water partition coefficient (Wildman–Crippen LogP) is -0.842. The summed E-state index contributed by atoms with van der Waals surface area (Å²) in [6, 6.07) is -5.17. The molecule has 2 aliphatic heterocycles. The number of esters is 1. The summed E-state index contributed by atoms with van der Waals surface area (Å²) in [6.45, 7) is 9.57. The van der Waals surface area contributed by atoms with E-state index in [0.29, 0.717) is 12.8 Å². The van der Waals surface area contributed by atoms with Crippen molar-refractivity contribution in [1.82, 2.24) is 36.4 Å². The Bertz CT molecular complexity index is 2130. The van der Waals surface area contributed by atoms with E-state index in [1.807, 2.05) is 6.92 Å². The van der Waals surface area contributed by atoms with Gasteiger partial charge in [-0.1, -0.05) is 66.0 Å². The quantitative estimate of drug-likeness (QED) is 0.0202. The topological polar surface area (TPSA) is 377 Å². The third kappa shape index (κ3) is 16.6. The van der Waals surface area contributed by atoms with E-state index in [9.17, 15) is 58.2 Å². The summed E-state index contributed by atoms with van der Waals surface area (Å²) in [5, 5.41) is 33.7. The third-order valence-corrected chi connectivity index (χ3v) is 12.6. The highest BCUT2D eigenvalue weighted by Crippen LogP contribution is 2.28. The van der Waals surface area contributed by atoms with Gasteiger partial charge in [-0.2, -0.15) is 0 Å². The number of nitrogens with two attached hydrogens (primary N) is 3. The van der Waals surface area contributed by atoms with Crippen LogP contribution in [-0.2, 0) is 47.9 Å². The van der Waals surface area contributed by atoms with Crippen LogP contribution in [0.15, 0.2) is 29.3 Å². The number of carbonyl (C=O) groups excluding carboxylic acids is 9. The Kier molecular flexibility index (Phi) is 22.7. The number of rotatable bonds is 19. The predicted molar refractivity (Wildman–Crippen MR) is 258 cm³/mol. The first-order chi connectivity index (χ1) is 33.4. The number of likely N-dealkylation sites (N-methyl/N-ethyl adjacent to an activating group) is 1. The fourth-order valence-electron chi connectivity index (χ4n) is 8.24. The number of hydrogen-bond acceptors (Lipinski definition) is 14. The normalized spacial score (nSPS) is 24.7. The van der Waals surface area contributed by atoms with E-state index < -0.39 is 138 Å². The van der Waals surface area contributed by atoms with Gasteiger partial charge in [-0.05, 0) is 63.0 Å². The van der Waals surface area contributed by atoms with E-state index >= 15 is 0 Å². The van der Waals surface area contributed by atoms with Gasteiger partial charge in [0.25, 0.3) is 0 Å². The highest BCUT2D eigenvalue weighted by atomic mass is 16.5. The van der Waals surface area contributed by atoms with Gasteiger partial charge in [0.1, 0.15) is 54.6 Å². The first-order valence-electron chi connectivity index (χ1n) is 24.1. The molecule has 394 valence electrons. The number of anilines is 1. The largest absolute Gasteiger partial charge is 0.481 e. The van der Waals surface area contributed by atoms with E-state index in [4.69, 9.17) is 21.9 Å². The number of unbranched alkanes of at least 4 members (excludes halogenated alkanes) is 2. The van der Waals surface area contributed by atoms with E-state index in [0.717, 1.165) is 16.2 Å². The van der Waals surface area contributed by atoms with Gasteiger partial charge < -0.3 is 68.5 Å². The van der Waals surface area contributed by atoms with E-state index in [2.05, 4.69) is 31.6 Å². The number of carboxylic acid groups (broad SMARTS) is 1. The number of ether oxygens (including phenoxy) is 1. The number of amides is 7. The summed E-state index contributed by atoms with van der Waals surface area (Å²) in [6.07, 6.45) is -3.03. The first-order valence-corrected chi connectivity index (χ1v) is 24.1. The highest BCUT2D eigenvalue weighted by Gasteiger charge is 2.47. The number of aliphatic carboxylic acids is 1. The Morgan fingerprint density at radius 3 is 2.20 bits per heavy atom. The van der Waals surface area contributed by atoms with Gasteiger partial charge in [0.05, 0.1) is 6.42 Å². The van der Waals surface area contributed by atoms with Crippen molar-refractivity contribution in [3.63, 3.8) is 0 Å². The lowest BCUT2D eigenvalue weighted by molar-refractivity contribution is -0.168. The van der Waals surface area contributed by atoms with Crippen molar-refractivity contribution in [2.24, 2.45) is 28.3 Å². The number of carbonyl (C=O) groups is 10. The molecule has 0 aromatic heterocycles. The number of nitrogens with one attached hydrogen (secondary N) is 5. The molecular weight excluding hydrogens is 927 g/mol. The van der Waals surface area contributed by atoms with Gasteiger partial charge in [-0.15, -0.1) is 0 Å². The molecule has 0 aliphatic carbocycles. The minimum atomic E-state index is -1.91. The van der Waals surface area contributed by atoms with Crippen molar-refractivity contribution in [2.45, 2.75) is 167 Å². The number of para-hydroxylation sites is 1. The third-order valence-electron chi connectivity index (χ3n) is 12.6. The molecule has 7 amide bonds. The second kappa shape index (κ2) is 27.5. The summed E-state index contributed by atoms with van der Waals surface area (Å²) >= 11 is 0. The van der Waals surface area contributed by atoms with Crippen molar-refractivity contribution >= 4 is 70.7 Å². The Labute approximate surface area is 413 Å². The lowest BCUT2D eigenvalue weighted by atomic mass is 9.91. The maximum atomic E-state index is 14.9. The Morgan fingerprint density at radius 2 is 1.59 bits per heavy atom. The van der Waals surface area contributed by atoms with Crippen LogP contribution in [0.5, 0.6) is 0 Å². The maximum Gasteiger partial charge on any atom is 0.329 e. The molecule has 0 radical (unpaired) electrons. The number of fused-ring (bicyclic) bond motifs is 2. The van der Waals surface area contributed by atoms with Gasteiger partial charge in [-0.3, -0.25) is 48.1 Å². The molecule has 1 aromatic rings. The number of aliphatic hydroxyl groups excluding tert-OH is 1. The number of carboxylic acids is 1. The first kappa shape index (κ1) is 58.5. The SMILES string of the molecule is CCCCCC(=O)N[C@@H](CC(=O)O)C(=O)N[C@@H]1C(=O)N[C@@H](CCCN=C(N)N)C(=O)N[C@H]2CC[C@@H](O)N(C2=O)[C@@H](C(C)CC)C(=O)N(C)[C@@H](CC(=O)c2ccccc2N)C(=O)N[C@@H](C(C)C)C(=O)O[C@@H]1C. The maximum absolute atomic E-state index is 14.9. The molecular formula is C47H73N11O13. The van der Waals surface area contributed by atoms with Gasteiger partial charge in [0.15, 0.2) is 11.7 Å². The monoisotopic (exact) mass is 1000 g/mol. The summed E-state index contributed by atoms with van der Waals surface area (Å²) in [7, 11) is 1.24. The van der Waals surface area contributed by atoms with Crippen LogP contribution in [0.3, 0.4) is 0 Å². The number of benzene rings is 1. The molecule has 2 saturated heterocycles.